The third-order valence-electron chi connectivity index (χ3n) is 5.70. The first kappa shape index (κ1) is 31.4. The number of rotatable bonds is 14. The predicted molar refractivity (Wildman–Crippen MR) is 151 cm³/mol. The molecule has 11 nitrogen and oxygen atoms in total. The zero-order valence-electron chi connectivity index (χ0n) is 23.0. The summed E-state index contributed by atoms with van der Waals surface area (Å²) >= 11 is 0. The SMILES string of the molecule is CC(C)C[C@H](NC(=O)OCc1ccccc1)C(=O)NC(NS(=O)(=O)c1ccc(OOc2ccccc2)cc1)C(C)O. The number of carbonyl (C=O) groups is 2. The highest BCUT2D eigenvalue weighted by Crippen LogP contribution is 2.18. The Bertz CT molecular complexity index is 1350. The number of nitrogens with one attached hydrogen (secondary N) is 3. The minimum Gasteiger partial charge on any atom is -0.445 e. The molecule has 2 amide bonds. The normalized spacial score (nSPS) is 13.5. The number of sulfonamides is 1. The smallest absolute Gasteiger partial charge is 0.408 e. The van der Waals surface area contributed by atoms with Gasteiger partial charge in [-0.1, -0.05) is 62.4 Å². The lowest BCUT2D eigenvalue weighted by Gasteiger charge is -2.26. The van der Waals surface area contributed by atoms with Gasteiger partial charge in [-0.3, -0.25) is 14.6 Å². The molecule has 0 heterocycles. The zero-order valence-corrected chi connectivity index (χ0v) is 23.8. The molecular weight excluding hydrogens is 550 g/mol. The van der Waals surface area contributed by atoms with Gasteiger partial charge in [0.2, 0.25) is 15.9 Å². The van der Waals surface area contributed by atoms with Crippen LogP contribution in [0.3, 0.4) is 0 Å². The fraction of sp³-hybridized carbons (Fsp3) is 0.310. The van der Waals surface area contributed by atoms with Crippen molar-refractivity contribution in [2.24, 2.45) is 5.92 Å². The van der Waals surface area contributed by atoms with E-state index < -0.39 is 40.3 Å². The number of aliphatic hydroxyl groups excluding tert-OH is 1. The zero-order chi connectivity index (χ0) is 29.8. The second-order valence-corrected chi connectivity index (χ2v) is 11.4. The summed E-state index contributed by atoms with van der Waals surface area (Å²) in [6.07, 6.45) is -3.25. The van der Waals surface area contributed by atoms with Crippen LogP contribution in [-0.2, 0) is 26.2 Å². The molecule has 12 heteroatoms. The summed E-state index contributed by atoms with van der Waals surface area (Å²) in [5.41, 5.74) is 0.777. The van der Waals surface area contributed by atoms with Gasteiger partial charge < -0.3 is 20.5 Å². The number of para-hydroxylation sites is 1. The Labute approximate surface area is 239 Å². The molecule has 0 saturated heterocycles. The maximum atomic E-state index is 13.1. The molecule has 0 aromatic heterocycles. The lowest BCUT2D eigenvalue weighted by molar-refractivity contribution is -0.125. The van der Waals surface area contributed by atoms with Gasteiger partial charge in [0.25, 0.3) is 0 Å². The van der Waals surface area contributed by atoms with Crippen LogP contribution in [0.1, 0.15) is 32.8 Å². The predicted octanol–water partition coefficient (Wildman–Crippen LogP) is 3.50. The highest BCUT2D eigenvalue weighted by Gasteiger charge is 2.29. The molecule has 0 spiro atoms. The number of hydrogen-bond acceptors (Lipinski definition) is 8. The molecule has 2 unspecified atom stereocenters. The number of hydrogen-bond donors (Lipinski definition) is 4. The summed E-state index contributed by atoms with van der Waals surface area (Å²) < 4.78 is 33.6. The average molecular weight is 586 g/mol. The van der Waals surface area contributed by atoms with Crippen molar-refractivity contribution in [3.8, 4) is 11.5 Å². The second-order valence-electron chi connectivity index (χ2n) is 9.69. The number of alkyl carbamates (subject to hydrolysis) is 1. The Morgan fingerprint density at radius 2 is 1.37 bits per heavy atom. The first-order valence-electron chi connectivity index (χ1n) is 13.0. The molecule has 3 aromatic carbocycles. The number of aliphatic hydroxyl groups is 1. The Hall–Kier alpha value is -4.13. The van der Waals surface area contributed by atoms with E-state index in [1.54, 1.807) is 36.4 Å². The van der Waals surface area contributed by atoms with Crippen LogP contribution in [0.4, 0.5) is 4.79 Å². The van der Waals surface area contributed by atoms with Gasteiger partial charge in [-0.25, -0.2) is 13.2 Å². The number of carbonyl (C=O) groups excluding carboxylic acids is 2. The van der Waals surface area contributed by atoms with Crippen molar-refractivity contribution in [3.63, 3.8) is 0 Å². The van der Waals surface area contributed by atoms with Crippen molar-refractivity contribution < 1.29 is 37.6 Å². The van der Waals surface area contributed by atoms with Gasteiger partial charge in [0.15, 0.2) is 11.5 Å². The minimum absolute atomic E-state index is 0.00784. The van der Waals surface area contributed by atoms with Crippen molar-refractivity contribution >= 4 is 22.0 Å². The molecule has 3 rings (SSSR count). The quantitative estimate of drug-likeness (QED) is 0.127. The first-order chi connectivity index (χ1) is 19.5. The molecule has 41 heavy (non-hydrogen) atoms. The third kappa shape index (κ3) is 10.4. The summed E-state index contributed by atoms with van der Waals surface area (Å²) in [5, 5.41) is 15.3. The van der Waals surface area contributed by atoms with Gasteiger partial charge >= 0.3 is 6.09 Å². The lowest BCUT2D eigenvalue weighted by atomic mass is 10.0. The van der Waals surface area contributed by atoms with Crippen LogP contribution in [0.25, 0.3) is 0 Å². The summed E-state index contributed by atoms with van der Waals surface area (Å²) in [4.78, 5) is 35.8. The summed E-state index contributed by atoms with van der Waals surface area (Å²) in [6, 6.07) is 22.2. The van der Waals surface area contributed by atoms with Crippen molar-refractivity contribution in [2.45, 2.75) is 57.0 Å². The van der Waals surface area contributed by atoms with Crippen LogP contribution in [0.15, 0.2) is 89.8 Å². The largest absolute Gasteiger partial charge is 0.445 e. The van der Waals surface area contributed by atoms with Gasteiger partial charge in [0.05, 0.1) is 11.0 Å². The number of benzene rings is 3. The van der Waals surface area contributed by atoms with E-state index in [0.717, 1.165) is 5.56 Å². The Balaban J connectivity index is 1.61. The standard InChI is InChI=1S/C29H35N3O8S/c1-20(2)18-26(30-29(35)38-19-22-10-6-4-7-11-22)28(34)31-27(21(3)33)32-41(36,37)25-16-14-24(15-17-25)40-39-23-12-8-5-9-13-23/h4-17,20-21,26-27,32-33H,18-19H2,1-3H3,(H,30,35)(H,31,34)/t21?,26-,27?/m0/s1. The monoisotopic (exact) mass is 585 g/mol. The molecule has 0 aliphatic heterocycles. The highest BCUT2D eigenvalue weighted by atomic mass is 32.2. The molecule has 220 valence electrons. The molecule has 0 bridgehead atoms. The van der Waals surface area contributed by atoms with Crippen molar-refractivity contribution in [2.75, 3.05) is 0 Å². The Morgan fingerprint density at radius 3 is 1.93 bits per heavy atom. The van der Waals surface area contributed by atoms with Crippen LogP contribution in [0, 0.1) is 5.92 Å². The molecular formula is C29H35N3O8S. The summed E-state index contributed by atoms with van der Waals surface area (Å²) in [7, 11) is -4.18. The number of ether oxygens (including phenoxy) is 1. The van der Waals surface area contributed by atoms with E-state index in [1.807, 2.05) is 38.1 Å². The van der Waals surface area contributed by atoms with E-state index in [0.29, 0.717) is 5.75 Å². The fourth-order valence-corrected chi connectivity index (χ4v) is 4.81. The van der Waals surface area contributed by atoms with E-state index in [-0.39, 0.29) is 29.6 Å². The molecule has 0 saturated carbocycles. The Kier molecular flexibility index (Phi) is 11.5. The van der Waals surface area contributed by atoms with Crippen LogP contribution in [0.5, 0.6) is 11.5 Å². The molecule has 3 aromatic rings. The van der Waals surface area contributed by atoms with Crippen LogP contribution in [-0.4, -0.2) is 43.8 Å². The highest BCUT2D eigenvalue weighted by molar-refractivity contribution is 7.89. The van der Waals surface area contributed by atoms with E-state index >= 15 is 0 Å². The van der Waals surface area contributed by atoms with Crippen LogP contribution >= 0.6 is 0 Å². The molecule has 0 fully saturated rings. The maximum Gasteiger partial charge on any atom is 0.408 e. The molecule has 0 aliphatic carbocycles. The van der Waals surface area contributed by atoms with Gasteiger partial charge in [-0.2, -0.15) is 4.72 Å². The molecule has 4 N–H and O–H groups in total. The van der Waals surface area contributed by atoms with Gasteiger partial charge in [0.1, 0.15) is 18.8 Å². The van der Waals surface area contributed by atoms with Gasteiger partial charge in [0, 0.05) is 0 Å². The molecule has 0 aliphatic rings. The minimum atomic E-state index is -4.18. The average Bonchev–Trinajstić information content (AvgIpc) is 2.95. The molecule has 0 radical (unpaired) electrons. The van der Waals surface area contributed by atoms with E-state index in [4.69, 9.17) is 14.5 Å². The van der Waals surface area contributed by atoms with Crippen molar-refractivity contribution in [1.29, 1.82) is 0 Å². The summed E-state index contributed by atoms with van der Waals surface area (Å²) in [5.74, 6) is 0.0465. The topological polar surface area (TPSA) is 152 Å². The van der Waals surface area contributed by atoms with Gasteiger partial charge in [-0.05, 0) is 61.2 Å². The van der Waals surface area contributed by atoms with E-state index in [2.05, 4.69) is 15.4 Å². The Morgan fingerprint density at radius 1 is 0.805 bits per heavy atom. The maximum absolute atomic E-state index is 13.1. The molecule has 3 atom stereocenters. The van der Waals surface area contributed by atoms with Crippen LogP contribution in [0.2, 0.25) is 0 Å². The van der Waals surface area contributed by atoms with E-state index in [9.17, 15) is 23.1 Å². The number of amides is 2. The summed E-state index contributed by atoms with van der Waals surface area (Å²) in [6.45, 7) is 5.07. The van der Waals surface area contributed by atoms with Gasteiger partial charge in [-0.15, -0.1) is 0 Å². The first-order valence-corrected chi connectivity index (χ1v) is 14.5. The van der Waals surface area contributed by atoms with Crippen molar-refractivity contribution in [1.82, 2.24) is 15.4 Å². The van der Waals surface area contributed by atoms with Crippen molar-refractivity contribution in [3.05, 3.63) is 90.5 Å². The van der Waals surface area contributed by atoms with Crippen LogP contribution < -0.4 is 25.1 Å². The lowest BCUT2D eigenvalue weighted by Crippen LogP contribution is -2.58. The van der Waals surface area contributed by atoms with E-state index in [1.165, 1.54) is 31.2 Å². The third-order valence-corrected chi connectivity index (χ3v) is 7.16. The second kappa shape index (κ2) is 15.0. The fourth-order valence-electron chi connectivity index (χ4n) is 3.59.